The Bertz CT molecular complexity index is 160. The van der Waals surface area contributed by atoms with Crippen molar-refractivity contribution in [1.29, 1.82) is 0 Å². The Morgan fingerprint density at radius 2 is 1.13 bits per heavy atom. The molecule has 0 unspecified atom stereocenters. The van der Waals surface area contributed by atoms with Gasteiger partial charge in [0.25, 0.3) is 0 Å². The summed E-state index contributed by atoms with van der Waals surface area (Å²) in [5, 5.41) is 0. The van der Waals surface area contributed by atoms with Crippen LogP contribution < -0.4 is 0 Å². The summed E-state index contributed by atoms with van der Waals surface area (Å²) in [4.78, 5) is 3.80. The molecule has 0 aliphatic rings. The van der Waals surface area contributed by atoms with Gasteiger partial charge in [0.15, 0.2) is 6.35 Å². The molecule has 0 N–H and O–H groups in total. The van der Waals surface area contributed by atoms with Crippen molar-refractivity contribution in [3.8, 4) is 0 Å². The molecule has 15 heavy (non-hydrogen) atoms. The third kappa shape index (κ3) is 4.15. The van der Waals surface area contributed by atoms with E-state index in [1.807, 2.05) is 38.0 Å². The molecule has 0 aliphatic heterocycles. The molecule has 0 atom stereocenters. The van der Waals surface area contributed by atoms with Gasteiger partial charge in [-0.3, -0.25) is 9.80 Å². The van der Waals surface area contributed by atoms with E-state index < -0.39 is 9.05 Å². The highest BCUT2D eigenvalue weighted by Gasteiger charge is 2.45. The number of hydrogen-bond acceptors (Lipinski definition) is 6. The molecule has 0 rings (SSSR count). The maximum Gasteiger partial charge on any atom is 0.681 e. The van der Waals surface area contributed by atoms with E-state index in [1.165, 1.54) is 21.3 Å². The van der Waals surface area contributed by atoms with Crippen molar-refractivity contribution in [2.75, 3.05) is 49.5 Å². The first-order chi connectivity index (χ1) is 6.92. The van der Waals surface area contributed by atoms with E-state index in [4.69, 9.17) is 17.7 Å². The van der Waals surface area contributed by atoms with Gasteiger partial charge in [-0.25, -0.2) is 0 Å². The maximum absolute atomic E-state index is 5.73. The molecule has 0 amide bonds. The minimum atomic E-state index is -2.99. The largest absolute Gasteiger partial charge is 0.681 e. The lowest BCUT2D eigenvalue weighted by atomic mass is 10.7. The standard InChI is InChI=1S/C8H22N2O4Si/c1-9(2)8(10(3)4)14-15(11-5,12-6)13-7/h8H,1-7H3. The summed E-state index contributed by atoms with van der Waals surface area (Å²) in [6.07, 6.45) is -0.253. The van der Waals surface area contributed by atoms with Crippen molar-refractivity contribution >= 4 is 9.05 Å². The second-order valence-electron chi connectivity index (χ2n) is 3.48. The molecule has 6 nitrogen and oxygen atoms in total. The summed E-state index contributed by atoms with van der Waals surface area (Å²) in [5.41, 5.74) is 0. The molecule has 0 bridgehead atoms. The fourth-order valence-electron chi connectivity index (χ4n) is 1.20. The molecule has 0 aromatic carbocycles. The molecule has 0 spiro atoms. The minimum absolute atomic E-state index is 0.253. The van der Waals surface area contributed by atoms with Crippen molar-refractivity contribution in [2.24, 2.45) is 0 Å². The molecule has 0 fully saturated rings. The normalized spacial score (nSPS) is 13.2. The van der Waals surface area contributed by atoms with Crippen molar-refractivity contribution in [2.45, 2.75) is 6.35 Å². The van der Waals surface area contributed by atoms with Crippen molar-refractivity contribution in [1.82, 2.24) is 9.80 Å². The molecule has 0 saturated heterocycles. The first kappa shape index (κ1) is 15.0. The van der Waals surface area contributed by atoms with Gasteiger partial charge in [0.2, 0.25) is 0 Å². The Hall–Kier alpha value is -0.0231. The zero-order chi connectivity index (χ0) is 12.1. The Morgan fingerprint density at radius 3 is 1.33 bits per heavy atom. The van der Waals surface area contributed by atoms with Crippen LogP contribution in [0.1, 0.15) is 0 Å². The number of hydrogen-bond donors (Lipinski definition) is 0. The molecular formula is C8H22N2O4Si. The molecule has 0 aromatic rings. The average molecular weight is 238 g/mol. The van der Waals surface area contributed by atoms with E-state index in [2.05, 4.69) is 0 Å². The van der Waals surface area contributed by atoms with Gasteiger partial charge in [-0.2, -0.15) is 0 Å². The van der Waals surface area contributed by atoms with Gasteiger partial charge < -0.3 is 17.7 Å². The Kier molecular flexibility index (Phi) is 6.53. The van der Waals surface area contributed by atoms with Crippen LogP contribution in [-0.4, -0.2) is 74.7 Å². The van der Waals surface area contributed by atoms with Crippen LogP contribution >= 0.6 is 0 Å². The first-order valence-electron chi connectivity index (χ1n) is 4.58. The molecular weight excluding hydrogens is 216 g/mol. The highest BCUT2D eigenvalue weighted by Crippen LogP contribution is 2.13. The topological polar surface area (TPSA) is 43.4 Å². The summed E-state index contributed by atoms with van der Waals surface area (Å²) in [6.45, 7) is 0. The predicted molar refractivity (Wildman–Crippen MR) is 59.0 cm³/mol. The van der Waals surface area contributed by atoms with Crippen molar-refractivity contribution in [3.63, 3.8) is 0 Å². The van der Waals surface area contributed by atoms with E-state index in [1.54, 1.807) is 0 Å². The van der Waals surface area contributed by atoms with E-state index in [0.717, 1.165) is 0 Å². The molecule has 0 saturated carbocycles. The van der Waals surface area contributed by atoms with Crippen LogP contribution in [0.4, 0.5) is 0 Å². The quantitative estimate of drug-likeness (QED) is 0.451. The fourth-order valence-corrected chi connectivity index (χ4v) is 2.66. The van der Waals surface area contributed by atoms with E-state index in [-0.39, 0.29) is 6.35 Å². The molecule has 7 heteroatoms. The number of nitrogens with zero attached hydrogens (tertiary/aromatic N) is 2. The van der Waals surface area contributed by atoms with Crippen LogP contribution in [0.2, 0.25) is 0 Å². The van der Waals surface area contributed by atoms with Gasteiger partial charge in [0, 0.05) is 21.3 Å². The third-order valence-electron chi connectivity index (χ3n) is 1.88. The summed E-state index contributed by atoms with van der Waals surface area (Å²) in [7, 11) is 9.19. The average Bonchev–Trinajstić information content (AvgIpc) is 2.20. The second kappa shape index (κ2) is 6.54. The summed E-state index contributed by atoms with van der Waals surface area (Å²) in [5.74, 6) is 0. The molecule has 0 radical (unpaired) electrons. The van der Waals surface area contributed by atoms with Gasteiger partial charge in [0.05, 0.1) is 0 Å². The number of rotatable bonds is 7. The maximum atomic E-state index is 5.73. The predicted octanol–water partition coefficient (Wildman–Crippen LogP) is -0.215. The highest BCUT2D eigenvalue weighted by atomic mass is 28.4. The van der Waals surface area contributed by atoms with Crippen LogP contribution in [-0.2, 0) is 17.7 Å². The van der Waals surface area contributed by atoms with Crippen molar-refractivity contribution < 1.29 is 17.7 Å². The van der Waals surface area contributed by atoms with Gasteiger partial charge in [-0.05, 0) is 28.2 Å². The molecule has 0 aliphatic carbocycles. The van der Waals surface area contributed by atoms with Crippen LogP contribution in [0.25, 0.3) is 0 Å². The zero-order valence-corrected chi connectivity index (χ0v) is 11.6. The summed E-state index contributed by atoms with van der Waals surface area (Å²) in [6, 6.07) is 0. The highest BCUT2D eigenvalue weighted by molar-refractivity contribution is 6.53. The Labute approximate surface area is 93.1 Å². The smallest absolute Gasteiger partial charge is 0.355 e. The first-order valence-corrected chi connectivity index (χ1v) is 6.22. The second-order valence-corrected chi connectivity index (χ2v) is 5.94. The minimum Gasteiger partial charge on any atom is -0.355 e. The lowest BCUT2D eigenvalue weighted by molar-refractivity contribution is -0.120. The lowest BCUT2D eigenvalue weighted by Gasteiger charge is -2.35. The lowest BCUT2D eigenvalue weighted by Crippen LogP contribution is -2.55. The van der Waals surface area contributed by atoms with Gasteiger partial charge >= 0.3 is 9.05 Å². The monoisotopic (exact) mass is 238 g/mol. The van der Waals surface area contributed by atoms with Gasteiger partial charge in [0.1, 0.15) is 0 Å². The molecule has 92 valence electrons. The molecule has 0 heterocycles. The summed E-state index contributed by atoms with van der Waals surface area (Å²) < 4.78 is 21.3. The van der Waals surface area contributed by atoms with E-state index >= 15 is 0 Å². The van der Waals surface area contributed by atoms with Gasteiger partial charge in [-0.15, -0.1) is 0 Å². The SMILES string of the molecule is CO[Si](OC)(OC)OC(N(C)C)N(C)C. The fraction of sp³-hybridized carbons (Fsp3) is 1.00. The van der Waals surface area contributed by atoms with Gasteiger partial charge in [-0.1, -0.05) is 0 Å². The zero-order valence-electron chi connectivity index (χ0n) is 10.6. The van der Waals surface area contributed by atoms with Crippen LogP contribution in [0.15, 0.2) is 0 Å². The Morgan fingerprint density at radius 1 is 0.800 bits per heavy atom. The molecule has 0 aromatic heterocycles. The van der Waals surface area contributed by atoms with E-state index in [9.17, 15) is 0 Å². The Balaban J connectivity index is 4.61. The van der Waals surface area contributed by atoms with E-state index in [0.29, 0.717) is 0 Å². The third-order valence-corrected chi connectivity index (χ3v) is 3.88. The van der Waals surface area contributed by atoms with Crippen molar-refractivity contribution in [3.05, 3.63) is 0 Å². The van der Waals surface area contributed by atoms with Crippen LogP contribution in [0, 0.1) is 0 Å². The van der Waals surface area contributed by atoms with Crippen LogP contribution in [0.3, 0.4) is 0 Å². The van der Waals surface area contributed by atoms with Crippen LogP contribution in [0.5, 0.6) is 0 Å². The summed E-state index contributed by atoms with van der Waals surface area (Å²) >= 11 is 0.